The summed E-state index contributed by atoms with van der Waals surface area (Å²) in [6.45, 7) is 0. The first-order chi connectivity index (χ1) is 25.3. The first-order valence-corrected chi connectivity index (χ1v) is 17.9. The summed E-state index contributed by atoms with van der Waals surface area (Å²) in [7, 11) is 0. The van der Waals surface area contributed by atoms with Gasteiger partial charge in [-0.2, -0.15) is 0 Å². The van der Waals surface area contributed by atoms with Crippen molar-refractivity contribution in [1.29, 1.82) is 0 Å². The molecule has 0 radical (unpaired) electrons. The highest BCUT2D eigenvalue weighted by Gasteiger charge is 2.51. The van der Waals surface area contributed by atoms with Gasteiger partial charge in [-0.1, -0.05) is 152 Å². The summed E-state index contributed by atoms with van der Waals surface area (Å²) in [6.07, 6.45) is 0. The third kappa shape index (κ3) is 3.98. The number of benzene rings is 7. The lowest BCUT2D eigenvalue weighted by Crippen LogP contribution is -2.32. The van der Waals surface area contributed by atoms with Crippen LogP contribution in [0.2, 0.25) is 0 Å². The fraction of sp³-hybridized carbons (Fsp3) is 0.0217. The fourth-order valence-corrected chi connectivity index (χ4v) is 9.57. The quantitative estimate of drug-likeness (QED) is 0.188. The van der Waals surface area contributed by atoms with Crippen molar-refractivity contribution >= 4 is 31.5 Å². The molecule has 0 saturated carbocycles. The van der Waals surface area contributed by atoms with Crippen molar-refractivity contribution < 1.29 is 4.74 Å². The Morgan fingerprint density at radius 2 is 0.922 bits per heavy atom. The van der Waals surface area contributed by atoms with E-state index in [2.05, 4.69) is 103 Å². The van der Waals surface area contributed by atoms with Gasteiger partial charge in [0.05, 0.1) is 10.1 Å². The summed E-state index contributed by atoms with van der Waals surface area (Å²) in [6, 6.07) is 57.6. The van der Waals surface area contributed by atoms with E-state index >= 15 is 0 Å². The Kier molecular flexibility index (Phi) is 6.01. The molecule has 0 fully saturated rings. The van der Waals surface area contributed by atoms with Crippen LogP contribution in [-0.2, 0) is 5.41 Å². The van der Waals surface area contributed by atoms with Crippen molar-refractivity contribution in [2.24, 2.45) is 0 Å². The smallest absolute Gasteiger partial charge is 0.165 e. The maximum absolute atomic E-state index is 7.01. The molecule has 1 aliphatic carbocycles. The van der Waals surface area contributed by atoms with Gasteiger partial charge in [0.15, 0.2) is 17.5 Å². The molecule has 4 nitrogen and oxygen atoms in total. The molecule has 7 aromatic carbocycles. The van der Waals surface area contributed by atoms with E-state index in [0.717, 1.165) is 53.9 Å². The second kappa shape index (κ2) is 10.8. The third-order valence-electron chi connectivity index (χ3n) is 10.4. The number of hydrogen-bond acceptors (Lipinski definition) is 5. The van der Waals surface area contributed by atoms with Crippen LogP contribution in [0.25, 0.3) is 65.5 Å². The number of ether oxygens (including phenoxy) is 1. The van der Waals surface area contributed by atoms with Gasteiger partial charge in [-0.05, 0) is 34.4 Å². The summed E-state index contributed by atoms with van der Waals surface area (Å²) in [5.74, 6) is 3.75. The zero-order valence-electron chi connectivity index (χ0n) is 27.2. The van der Waals surface area contributed by atoms with Crippen molar-refractivity contribution in [3.63, 3.8) is 0 Å². The molecular weight excluding hydrogens is 643 g/mol. The van der Waals surface area contributed by atoms with Gasteiger partial charge in [0.25, 0.3) is 0 Å². The average Bonchev–Trinajstić information content (AvgIpc) is 3.73. The molecule has 1 aliphatic heterocycles. The van der Waals surface area contributed by atoms with Crippen LogP contribution >= 0.6 is 11.3 Å². The molecule has 3 heterocycles. The predicted octanol–water partition coefficient (Wildman–Crippen LogP) is 11.7. The minimum absolute atomic E-state index is 0.506. The van der Waals surface area contributed by atoms with Gasteiger partial charge in [-0.3, -0.25) is 0 Å². The largest absolute Gasteiger partial charge is 0.455 e. The standard InChI is InChI=1S/C46H27N3OS/c1-3-14-28(15-4-1)43-47-44(29-16-5-2-6-17-29)49-45(48-43)34-21-13-20-32-33-26-27-38-40(42(33)51-41(32)34)50-39-25-12-11-24-37(39)46(38)35-22-9-7-18-30(35)31-19-8-10-23-36(31)46/h1-27H. The number of aromatic nitrogens is 3. The van der Waals surface area contributed by atoms with Gasteiger partial charge in [-0.25, -0.2) is 15.0 Å². The highest BCUT2D eigenvalue weighted by atomic mass is 32.1. The van der Waals surface area contributed by atoms with Gasteiger partial charge in [0.2, 0.25) is 0 Å². The fourth-order valence-electron chi connectivity index (χ4n) is 8.27. The number of nitrogens with zero attached hydrogens (tertiary/aromatic N) is 3. The zero-order chi connectivity index (χ0) is 33.5. The van der Waals surface area contributed by atoms with E-state index in [4.69, 9.17) is 19.7 Å². The molecule has 11 rings (SSSR count). The number of para-hydroxylation sites is 1. The van der Waals surface area contributed by atoms with Crippen molar-refractivity contribution in [3.05, 3.63) is 186 Å². The summed E-state index contributed by atoms with van der Waals surface area (Å²) < 4.78 is 9.24. The molecule has 0 bridgehead atoms. The molecule has 0 amide bonds. The van der Waals surface area contributed by atoms with E-state index in [0.29, 0.717) is 17.5 Å². The molecular formula is C46H27N3OS. The van der Waals surface area contributed by atoms with Crippen LogP contribution in [0.1, 0.15) is 22.3 Å². The second-order valence-corrected chi connectivity index (χ2v) is 14.1. The normalized spacial score (nSPS) is 13.4. The summed E-state index contributed by atoms with van der Waals surface area (Å²) in [5.41, 5.74) is 9.82. The second-order valence-electron chi connectivity index (χ2n) is 13.1. The van der Waals surface area contributed by atoms with E-state index in [1.807, 2.05) is 60.7 Å². The molecule has 51 heavy (non-hydrogen) atoms. The Labute approximate surface area is 298 Å². The zero-order valence-corrected chi connectivity index (χ0v) is 28.1. The summed E-state index contributed by atoms with van der Waals surface area (Å²) >= 11 is 1.76. The summed E-state index contributed by atoms with van der Waals surface area (Å²) in [5, 5.41) is 2.31. The first-order valence-electron chi connectivity index (χ1n) is 17.1. The number of hydrogen-bond donors (Lipinski definition) is 0. The molecule has 0 unspecified atom stereocenters. The van der Waals surface area contributed by atoms with Crippen LogP contribution in [0.5, 0.6) is 11.5 Å². The lowest BCUT2D eigenvalue weighted by molar-refractivity contribution is 0.442. The summed E-state index contributed by atoms with van der Waals surface area (Å²) in [4.78, 5) is 15.1. The Hall–Kier alpha value is -6.43. The van der Waals surface area contributed by atoms with Crippen LogP contribution in [0.15, 0.2) is 164 Å². The number of fused-ring (bicyclic) bond motifs is 13. The highest BCUT2D eigenvalue weighted by Crippen LogP contribution is 2.63. The van der Waals surface area contributed by atoms with E-state index in [1.165, 1.54) is 27.8 Å². The molecule has 238 valence electrons. The maximum Gasteiger partial charge on any atom is 0.165 e. The molecule has 5 heteroatoms. The lowest BCUT2D eigenvalue weighted by Gasteiger charge is -2.39. The van der Waals surface area contributed by atoms with Crippen LogP contribution in [0.4, 0.5) is 0 Å². The van der Waals surface area contributed by atoms with Crippen molar-refractivity contribution in [2.45, 2.75) is 5.41 Å². The van der Waals surface area contributed by atoms with Crippen LogP contribution < -0.4 is 4.74 Å². The lowest BCUT2D eigenvalue weighted by atomic mass is 9.66. The monoisotopic (exact) mass is 669 g/mol. The first kappa shape index (κ1) is 28.4. The van der Waals surface area contributed by atoms with Gasteiger partial charge >= 0.3 is 0 Å². The maximum atomic E-state index is 7.01. The van der Waals surface area contributed by atoms with Gasteiger partial charge in [0.1, 0.15) is 11.5 Å². The van der Waals surface area contributed by atoms with E-state index in [9.17, 15) is 0 Å². The molecule has 9 aromatic rings. The molecule has 0 N–H and O–H groups in total. The van der Waals surface area contributed by atoms with Gasteiger partial charge in [-0.15, -0.1) is 11.3 Å². The molecule has 1 spiro atoms. The van der Waals surface area contributed by atoms with Crippen LogP contribution in [-0.4, -0.2) is 15.0 Å². The van der Waals surface area contributed by atoms with Gasteiger partial charge < -0.3 is 4.74 Å². The number of thiophene rings is 1. The van der Waals surface area contributed by atoms with Gasteiger partial charge in [0, 0.05) is 43.3 Å². The molecule has 2 aliphatic rings. The topological polar surface area (TPSA) is 47.9 Å². The average molecular weight is 670 g/mol. The Morgan fingerprint density at radius 3 is 1.59 bits per heavy atom. The van der Waals surface area contributed by atoms with E-state index < -0.39 is 5.41 Å². The van der Waals surface area contributed by atoms with E-state index in [1.54, 1.807) is 11.3 Å². The van der Waals surface area contributed by atoms with E-state index in [-0.39, 0.29) is 0 Å². The Balaban J connectivity index is 1.19. The van der Waals surface area contributed by atoms with Crippen molar-refractivity contribution in [3.8, 4) is 56.8 Å². The SMILES string of the molecule is c1ccc(-c2nc(-c3ccccc3)nc(-c3cccc4c3sc3c5c(ccc34)C3(c4ccccc4O5)c4ccccc4-c4ccccc43)n2)cc1. The molecule has 0 saturated heterocycles. The predicted molar refractivity (Wildman–Crippen MR) is 206 cm³/mol. The van der Waals surface area contributed by atoms with Crippen LogP contribution in [0, 0.1) is 0 Å². The number of rotatable bonds is 3. The highest BCUT2D eigenvalue weighted by molar-refractivity contribution is 7.26. The Morgan fingerprint density at radius 1 is 0.392 bits per heavy atom. The molecule has 0 atom stereocenters. The minimum Gasteiger partial charge on any atom is -0.455 e. The van der Waals surface area contributed by atoms with Crippen LogP contribution in [0.3, 0.4) is 0 Å². The third-order valence-corrected chi connectivity index (χ3v) is 11.7. The van der Waals surface area contributed by atoms with Crippen molar-refractivity contribution in [1.82, 2.24) is 15.0 Å². The molecule has 2 aromatic heterocycles. The Bertz CT molecular complexity index is 2740. The van der Waals surface area contributed by atoms with Crippen molar-refractivity contribution in [2.75, 3.05) is 0 Å². The minimum atomic E-state index is -0.506.